The fourth-order valence-electron chi connectivity index (χ4n) is 4.19. The van der Waals surface area contributed by atoms with Crippen LogP contribution in [0.4, 0.5) is 5.69 Å². The molecule has 178 valence electrons. The van der Waals surface area contributed by atoms with Crippen LogP contribution >= 0.6 is 23.4 Å². The maximum atomic E-state index is 13.2. The van der Waals surface area contributed by atoms with E-state index >= 15 is 0 Å². The first-order valence-electron chi connectivity index (χ1n) is 11.4. The van der Waals surface area contributed by atoms with E-state index in [4.69, 9.17) is 11.6 Å². The molecule has 0 bridgehead atoms. The lowest BCUT2D eigenvalue weighted by atomic mass is 10.1. The predicted molar refractivity (Wildman–Crippen MR) is 135 cm³/mol. The van der Waals surface area contributed by atoms with Gasteiger partial charge < -0.3 is 14.8 Å². The molecule has 2 amide bonds. The molecule has 1 aromatic heterocycles. The highest BCUT2D eigenvalue weighted by molar-refractivity contribution is 7.99. The van der Waals surface area contributed by atoms with E-state index in [2.05, 4.69) is 15.5 Å². The van der Waals surface area contributed by atoms with E-state index in [0.717, 1.165) is 35.5 Å². The lowest BCUT2D eigenvalue weighted by Gasteiger charge is -2.24. The van der Waals surface area contributed by atoms with Gasteiger partial charge in [0.25, 0.3) is 5.91 Å². The number of hydrogen-bond donors (Lipinski definition) is 1. The average Bonchev–Trinajstić information content (AvgIpc) is 3.47. The number of aromatic nitrogens is 3. The molecule has 3 aromatic rings. The van der Waals surface area contributed by atoms with Crippen molar-refractivity contribution in [2.24, 2.45) is 0 Å². The van der Waals surface area contributed by atoms with E-state index in [-0.39, 0.29) is 23.6 Å². The van der Waals surface area contributed by atoms with E-state index in [1.165, 1.54) is 11.8 Å². The highest BCUT2D eigenvalue weighted by Gasteiger charge is 2.34. The van der Waals surface area contributed by atoms with Crippen LogP contribution in [-0.4, -0.2) is 43.8 Å². The molecule has 1 saturated heterocycles. The Hall–Kier alpha value is -2.84. The molecule has 1 aliphatic heterocycles. The first-order chi connectivity index (χ1) is 16.4. The number of nitrogens with zero attached hydrogens (tertiary/aromatic N) is 4. The Balaban J connectivity index is 1.46. The lowest BCUT2D eigenvalue weighted by molar-refractivity contribution is -0.113. The number of hydrogen-bond acceptors (Lipinski definition) is 5. The van der Waals surface area contributed by atoms with Gasteiger partial charge in [-0.15, -0.1) is 10.2 Å². The highest BCUT2D eigenvalue weighted by Crippen LogP contribution is 2.34. The molecular weight excluding hydrogens is 470 g/mol. The fourth-order valence-corrected chi connectivity index (χ4v) is 5.13. The number of nitrogens with one attached hydrogen (secondary N) is 1. The van der Waals surface area contributed by atoms with Crippen LogP contribution in [-0.2, 0) is 11.3 Å². The molecule has 1 aliphatic rings. The van der Waals surface area contributed by atoms with Crippen molar-refractivity contribution >= 4 is 40.9 Å². The summed E-state index contributed by atoms with van der Waals surface area (Å²) in [5.74, 6) is 0.863. The molecule has 0 radical (unpaired) electrons. The van der Waals surface area contributed by atoms with Crippen LogP contribution in [0.25, 0.3) is 0 Å². The number of likely N-dealkylation sites (tertiary alicyclic amines) is 1. The minimum atomic E-state index is -0.145. The van der Waals surface area contributed by atoms with Gasteiger partial charge in [-0.1, -0.05) is 35.5 Å². The molecule has 4 rings (SSSR count). The SMILES string of the molecule is CCn1c(SCC(=O)Nc2cccc(C)c2C)nnc1C1CCCN1C(=O)c1ccc(Cl)cc1. The molecular formula is C25H28ClN5O2S. The molecule has 2 heterocycles. The number of aryl methyl sites for hydroxylation is 1. The average molecular weight is 498 g/mol. The topological polar surface area (TPSA) is 80.1 Å². The lowest BCUT2D eigenvalue weighted by Crippen LogP contribution is -2.32. The van der Waals surface area contributed by atoms with Crippen molar-refractivity contribution in [3.05, 3.63) is 70.0 Å². The quantitative estimate of drug-likeness (QED) is 0.449. The van der Waals surface area contributed by atoms with Gasteiger partial charge in [0.1, 0.15) is 0 Å². The maximum absolute atomic E-state index is 13.2. The second-order valence-electron chi connectivity index (χ2n) is 8.33. The van der Waals surface area contributed by atoms with Crippen molar-refractivity contribution in [1.82, 2.24) is 19.7 Å². The molecule has 34 heavy (non-hydrogen) atoms. The summed E-state index contributed by atoms with van der Waals surface area (Å²) in [6.07, 6.45) is 1.73. The summed E-state index contributed by atoms with van der Waals surface area (Å²) in [5.41, 5.74) is 3.63. The molecule has 1 N–H and O–H groups in total. The van der Waals surface area contributed by atoms with E-state index in [9.17, 15) is 9.59 Å². The predicted octanol–water partition coefficient (Wildman–Crippen LogP) is 5.28. The molecule has 1 atom stereocenters. The van der Waals surface area contributed by atoms with Crippen LogP contribution in [0.3, 0.4) is 0 Å². The highest BCUT2D eigenvalue weighted by atomic mass is 35.5. The number of rotatable bonds is 7. The number of anilines is 1. The summed E-state index contributed by atoms with van der Waals surface area (Å²) in [5, 5.41) is 13.1. The van der Waals surface area contributed by atoms with Gasteiger partial charge in [-0.2, -0.15) is 0 Å². The molecule has 1 fully saturated rings. The minimum absolute atomic E-state index is 0.0353. The van der Waals surface area contributed by atoms with Gasteiger partial charge in [0, 0.05) is 29.4 Å². The van der Waals surface area contributed by atoms with Crippen LogP contribution in [0.2, 0.25) is 5.02 Å². The third-order valence-corrected chi connectivity index (χ3v) is 7.39. The van der Waals surface area contributed by atoms with Crippen LogP contribution in [0.1, 0.15) is 53.1 Å². The Morgan fingerprint density at radius 2 is 1.91 bits per heavy atom. The molecule has 2 aromatic carbocycles. The second kappa shape index (κ2) is 10.6. The first kappa shape index (κ1) is 24.3. The minimum Gasteiger partial charge on any atom is -0.328 e. The van der Waals surface area contributed by atoms with Gasteiger partial charge in [-0.3, -0.25) is 9.59 Å². The second-order valence-corrected chi connectivity index (χ2v) is 9.71. The smallest absolute Gasteiger partial charge is 0.254 e. The van der Waals surface area contributed by atoms with Crippen LogP contribution < -0.4 is 5.32 Å². The zero-order valence-corrected chi connectivity index (χ0v) is 21.1. The van der Waals surface area contributed by atoms with Crippen molar-refractivity contribution < 1.29 is 9.59 Å². The van der Waals surface area contributed by atoms with Crippen molar-refractivity contribution in [1.29, 1.82) is 0 Å². The van der Waals surface area contributed by atoms with Crippen LogP contribution in [0.5, 0.6) is 0 Å². The summed E-state index contributed by atoms with van der Waals surface area (Å²) in [4.78, 5) is 27.6. The Labute approximate surface area is 208 Å². The van der Waals surface area contributed by atoms with E-state index in [1.54, 1.807) is 24.3 Å². The van der Waals surface area contributed by atoms with Crippen molar-refractivity contribution in [3.63, 3.8) is 0 Å². The van der Waals surface area contributed by atoms with Gasteiger partial charge in [0.15, 0.2) is 11.0 Å². The van der Waals surface area contributed by atoms with Crippen molar-refractivity contribution in [2.75, 3.05) is 17.6 Å². The standard InChI is InChI=1S/C25H28ClN5O2S/c1-4-30-23(21-9-6-14-31(21)24(33)18-10-12-19(26)13-11-18)28-29-25(30)34-15-22(32)27-20-8-5-7-16(2)17(20)3/h5,7-8,10-13,21H,4,6,9,14-15H2,1-3H3,(H,27,32). The number of carbonyl (C=O) groups excluding carboxylic acids is 2. The molecule has 0 saturated carbocycles. The number of halogens is 1. The summed E-state index contributed by atoms with van der Waals surface area (Å²) in [6, 6.07) is 12.7. The Morgan fingerprint density at radius 1 is 1.15 bits per heavy atom. The number of amides is 2. The Kier molecular flexibility index (Phi) is 7.58. The maximum Gasteiger partial charge on any atom is 0.254 e. The number of thioether (sulfide) groups is 1. The summed E-state index contributed by atoms with van der Waals surface area (Å²) < 4.78 is 2.01. The van der Waals surface area contributed by atoms with E-state index in [0.29, 0.717) is 28.8 Å². The van der Waals surface area contributed by atoms with Gasteiger partial charge in [-0.05, 0) is 75.1 Å². The number of carbonyl (C=O) groups is 2. The van der Waals surface area contributed by atoms with Gasteiger partial charge in [-0.25, -0.2) is 0 Å². The summed E-state index contributed by atoms with van der Waals surface area (Å²) >= 11 is 7.33. The third kappa shape index (κ3) is 5.13. The Bertz CT molecular complexity index is 1190. The Morgan fingerprint density at radius 3 is 2.65 bits per heavy atom. The molecule has 1 unspecified atom stereocenters. The third-order valence-electron chi connectivity index (χ3n) is 6.18. The molecule has 0 aliphatic carbocycles. The van der Waals surface area contributed by atoms with Gasteiger partial charge >= 0.3 is 0 Å². The number of benzene rings is 2. The van der Waals surface area contributed by atoms with Crippen molar-refractivity contribution in [2.45, 2.75) is 51.4 Å². The monoisotopic (exact) mass is 497 g/mol. The van der Waals surface area contributed by atoms with Gasteiger partial charge in [0.05, 0.1) is 11.8 Å². The van der Waals surface area contributed by atoms with E-state index in [1.807, 2.05) is 48.4 Å². The first-order valence-corrected chi connectivity index (χ1v) is 12.7. The van der Waals surface area contributed by atoms with E-state index < -0.39 is 0 Å². The molecule has 9 heteroatoms. The van der Waals surface area contributed by atoms with Gasteiger partial charge in [0.2, 0.25) is 5.91 Å². The van der Waals surface area contributed by atoms with Crippen LogP contribution in [0.15, 0.2) is 47.6 Å². The zero-order valence-electron chi connectivity index (χ0n) is 19.5. The molecule has 0 spiro atoms. The normalized spacial score (nSPS) is 15.5. The fraction of sp³-hybridized carbons (Fsp3) is 0.360. The summed E-state index contributed by atoms with van der Waals surface area (Å²) in [7, 11) is 0. The zero-order chi connectivity index (χ0) is 24.2. The molecule has 7 nitrogen and oxygen atoms in total. The van der Waals surface area contributed by atoms with Crippen LogP contribution in [0, 0.1) is 13.8 Å². The van der Waals surface area contributed by atoms with Crippen molar-refractivity contribution in [3.8, 4) is 0 Å². The largest absolute Gasteiger partial charge is 0.328 e. The summed E-state index contributed by atoms with van der Waals surface area (Å²) in [6.45, 7) is 7.37.